The number of amides is 1. The molecule has 1 amide bonds. The van der Waals surface area contributed by atoms with Crippen molar-refractivity contribution in [3.05, 3.63) is 16.7 Å². The molecule has 0 saturated heterocycles. The Morgan fingerprint density at radius 3 is 2.56 bits per heavy atom. The van der Waals surface area contributed by atoms with Crippen LogP contribution >= 0.6 is 0 Å². The molecule has 1 aliphatic rings. The lowest BCUT2D eigenvalue weighted by Crippen LogP contribution is -2.29. The maximum absolute atomic E-state index is 11.8. The van der Waals surface area contributed by atoms with Crippen molar-refractivity contribution in [2.24, 2.45) is 11.8 Å². The van der Waals surface area contributed by atoms with Crippen LogP contribution in [0.2, 0.25) is 0 Å². The molecule has 1 saturated carbocycles. The molecule has 7 nitrogen and oxygen atoms in total. The van der Waals surface area contributed by atoms with Crippen LogP contribution in [0, 0.1) is 28.5 Å². The highest BCUT2D eigenvalue weighted by Crippen LogP contribution is 2.30. The zero-order valence-corrected chi connectivity index (χ0v) is 10.8. The molecular weight excluding hydrogens is 240 g/mol. The largest absolute Gasteiger partial charge is 0.379 e. The fraction of sp³-hybridized carbons (Fsp3) is 0.818. The number of hydrogen-bond donors (Lipinski definition) is 1. The van der Waals surface area contributed by atoms with Crippen LogP contribution in [-0.2, 0) is 14.4 Å². The molecule has 103 valence electrons. The van der Waals surface area contributed by atoms with E-state index in [1.54, 1.807) is 6.54 Å². The van der Waals surface area contributed by atoms with Crippen LogP contribution < -0.4 is 5.32 Å². The monoisotopic (exact) mass is 259 g/mol. The van der Waals surface area contributed by atoms with E-state index in [9.17, 15) is 14.9 Å². The normalized spacial score (nSPS) is 27.2. The third-order valence-corrected chi connectivity index (χ3v) is 2.90. The second-order valence-corrected chi connectivity index (χ2v) is 4.73. The summed E-state index contributed by atoms with van der Waals surface area (Å²) in [6.45, 7) is 5.60. The number of methoxy groups -OCH3 is 1. The molecule has 0 unspecified atom stereocenters. The summed E-state index contributed by atoms with van der Waals surface area (Å²) in [7, 11) is 1.46. The smallest absolute Gasteiger partial charge is 0.294 e. The van der Waals surface area contributed by atoms with Crippen LogP contribution in [0.4, 0.5) is 0 Å². The predicted octanol–water partition coefficient (Wildman–Crippen LogP) is 0.922. The van der Waals surface area contributed by atoms with Gasteiger partial charge >= 0.3 is 0 Å². The minimum Gasteiger partial charge on any atom is -0.379 e. The van der Waals surface area contributed by atoms with Crippen molar-refractivity contribution >= 4 is 5.91 Å². The number of ether oxygens (including phenoxy) is 1. The molecule has 3 atom stereocenters. The highest BCUT2D eigenvalue weighted by molar-refractivity contribution is 5.79. The van der Waals surface area contributed by atoms with Gasteiger partial charge in [0, 0.05) is 13.0 Å². The summed E-state index contributed by atoms with van der Waals surface area (Å²) in [5, 5.41) is 12.2. The summed E-state index contributed by atoms with van der Waals surface area (Å²) in [5.74, 6) is -0.200. The molecule has 18 heavy (non-hydrogen) atoms. The van der Waals surface area contributed by atoms with Gasteiger partial charge < -0.3 is 14.9 Å². The van der Waals surface area contributed by atoms with Crippen LogP contribution in [0.5, 0.6) is 0 Å². The predicted molar refractivity (Wildman–Crippen MR) is 62.7 cm³/mol. The lowest BCUT2D eigenvalue weighted by Gasteiger charge is -2.14. The highest BCUT2D eigenvalue weighted by Gasteiger charge is 2.40. The number of rotatable bonds is 6. The Kier molecular flexibility index (Phi) is 5.33. The van der Waals surface area contributed by atoms with Crippen LogP contribution in [0.15, 0.2) is 0 Å². The zero-order valence-electron chi connectivity index (χ0n) is 10.8. The first kappa shape index (κ1) is 14.7. The fourth-order valence-electron chi connectivity index (χ4n) is 2.01. The zero-order chi connectivity index (χ0) is 13.7. The van der Waals surface area contributed by atoms with E-state index in [0.717, 1.165) is 0 Å². The van der Waals surface area contributed by atoms with Gasteiger partial charge in [0.05, 0.1) is 12.6 Å². The van der Waals surface area contributed by atoms with Crippen molar-refractivity contribution in [1.82, 2.24) is 5.32 Å². The summed E-state index contributed by atoms with van der Waals surface area (Å²) >= 11 is 0. The van der Waals surface area contributed by atoms with Gasteiger partial charge in [-0.05, 0) is 18.8 Å². The maximum atomic E-state index is 11.8. The average molecular weight is 259 g/mol. The van der Waals surface area contributed by atoms with Crippen molar-refractivity contribution in [2.45, 2.75) is 38.9 Å². The first-order valence-electron chi connectivity index (χ1n) is 5.91. The molecule has 0 aromatic heterocycles. The molecule has 1 N–H and O–H groups in total. The summed E-state index contributed by atoms with van der Waals surface area (Å²) < 4.78 is 5.11. The first-order chi connectivity index (χ1) is 8.43. The highest BCUT2D eigenvalue weighted by atomic mass is 17.0. The molecule has 1 fully saturated rings. The molecule has 7 heteroatoms. The molecule has 0 spiro atoms. The van der Waals surface area contributed by atoms with E-state index in [4.69, 9.17) is 4.74 Å². The Morgan fingerprint density at radius 2 is 2.06 bits per heavy atom. The summed E-state index contributed by atoms with van der Waals surface area (Å²) in [6, 6.07) is 0. The third-order valence-electron chi connectivity index (χ3n) is 2.90. The van der Waals surface area contributed by atoms with E-state index in [0.29, 0.717) is 12.8 Å². The van der Waals surface area contributed by atoms with Gasteiger partial charge in [0.25, 0.3) is 5.09 Å². The van der Waals surface area contributed by atoms with E-state index >= 15 is 0 Å². The van der Waals surface area contributed by atoms with E-state index in [1.165, 1.54) is 7.11 Å². The van der Waals surface area contributed by atoms with Crippen molar-refractivity contribution in [3.8, 4) is 0 Å². The summed E-state index contributed by atoms with van der Waals surface area (Å²) in [5.41, 5.74) is 0. The quantitative estimate of drug-likeness (QED) is 0.566. The van der Waals surface area contributed by atoms with Crippen molar-refractivity contribution in [2.75, 3.05) is 7.11 Å². The maximum Gasteiger partial charge on any atom is 0.294 e. The van der Waals surface area contributed by atoms with Crippen molar-refractivity contribution in [1.29, 1.82) is 0 Å². The summed E-state index contributed by atoms with van der Waals surface area (Å²) in [6.07, 6.45) is -0.339. The third kappa shape index (κ3) is 4.14. The van der Waals surface area contributed by atoms with Crippen LogP contribution in [0.3, 0.4) is 0 Å². The fourth-order valence-corrected chi connectivity index (χ4v) is 2.01. The Morgan fingerprint density at radius 1 is 1.44 bits per heavy atom. The van der Waals surface area contributed by atoms with Gasteiger partial charge in [-0.15, -0.1) is 10.1 Å². The molecular formula is C11H19N2O5. The molecule has 0 heterocycles. The van der Waals surface area contributed by atoms with Gasteiger partial charge in [0.15, 0.2) is 0 Å². The van der Waals surface area contributed by atoms with Crippen molar-refractivity contribution < 1.29 is 19.5 Å². The average Bonchev–Trinajstić information content (AvgIpc) is 2.68. The second kappa shape index (κ2) is 6.53. The summed E-state index contributed by atoms with van der Waals surface area (Å²) in [4.78, 5) is 26.7. The van der Waals surface area contributed by atoms with Crippen molar-refractivity contribution in [3.63, 3.8) is 0 Å². The first-order valence-corrected chi connectivity index (χ1v) is 5.91. The number of hydrogen-bond acceptors (Lipinski definition) is 5. The molecule has 1 rings (SSSR count). The lowest BCUT2D eigenvalue weighted by molar-refractivity contribution is -0.770. The molecule has 0 aliphatic heterocycles. The van der Waals surface area contributed by atoms with Gasteiger partial charge in [-0.25, -0.2) is 0 Å². The second-order valence-electron chi connectivity index (χ2n) is 4.73. The SMILES string of the molecule is CO[C@H]1C[C@@H](C(=O)N[CH]C(C)C)C[C@@H]1O[N+](=O)[O-]. The van der Waals surface area contributed by atoms with Crippen LogP contribution in [-0.4, -0.2) is 30.3 Å². The minimum atomic E-state index is -0.836. The van der Waals surface area contributed by atoms with Gasteiger partial charge in [-0.2, -0.15) is 0 Å². The van der Waals surface area contributed by atoms with Gasteiger partial charge in [0.2, 0.25) is 5.91 Å². The number of carbonyl (C=O) groups is 1. The molecule has 0 aromatic rings. The Balaban J connectivity index is 2.49. The van der Waals surface area contributed by atoms with E-state index in [-0.39, 0.29) is 17.7 Å². The van der Waals surface area contributed by atoms with E-state index in [1.807, 2.05) is 13.8 Å². The van der Waals surface area contributed by atoms with Gasteiger partial charge in [-0.3, -0.25) is 4.79 Å². The van der Waals surface area contributed by atoms with Gasteiger partial charge in [-0.1, -0.05) is 13.8 Å². The Hall–Kier alpha value is -1.37. The van der Waals surface area contributed by atoms with Crippen LogP contribution in [0.25, 0.3) is 0 Å². The topological polar surface area (TPSA) is 90.7 Å². The molecule has 0 aromatic carbocycles. The Labute approximate surface area is 106 Å². The molecule has 1 radical (unpaired) electrons. The van der Waals surface area contributed by atoms with Gasteiger partial charge in [0.1, 0.15) is 6.10 Å². The van der Waals surface area contributed by atoms with E-state index < -0.39 is 17.3 Å². The number of nitrogens with one attached hydrogen (secondary N) is 1. The van der Waals surface area contributed by atoms with E-state index in [2.05, 4.69) is 10.2 Å². The Bertz CT molecular complexity index is 308. The molecule has 1 aliphatic carbocycles. The van der Waals surface area contributed by atoms with Crippen LogP contribution in [0.1, 0.15) is 26.7 Å². The molecule has 0 bridgehead atoms. The standard InChI is InChI=1S/C11H19N2O5/c1-7(2)6-12-11(14)8-4-9(17-3)10(5-8)18-13(15)16/h6-10H,4-5H2,1-3H3,(H,12,14)/t8-,9+,10+/m1/s1. The minimum absolute atomic E-state index is 0.139. The number of carbonyl (C=O) groups excluding carboxylic acids is 1. The number of nitrogens with zero attached hydrogens (tertiary/aromatic N) is 1. The lowest BCUT2D eigenvalue weighted by atomic mass is 10.1.